The van der Waals surface area contributed by atoms with Gasteiger partial charge in [0.25, 0.3) is 15.9 Å². The highest BCUT2D eigenvalue weighted by Gasteiger charge is 2.35. The molecule has 3 aliphatic rings. The smallest absolute Gasteiger partial charge is 0.285 e. The predicted molar refractivity (Wildman–Crippen MR) is 112 cm³/mol. The zero-order valence-electron chi connectivity index (χ0n) is 16.3. The summed E-state index contributed by atoms with van der Waals surface area (Å²) in [6.07, 6.45) is 2.11. The molecule has 0 saturated carbocycles. The van der Waals surface area contributed by atoms with Gasteiger partial charge in [0, 0.05) is 43.4 Å². The average molecular weight is 438 g/mol. The van der Waals surface area contributed by atoms with E-state index in [1.165, 1.54) is 0 Å². The maximum atomic E-state index is 12.8. The number of benzene rings is 1. The van der Waals surface area contributed by atoms with E-state index in [9.17, 15) is 13.2 Å². The van der Waals surface area contributed by atoms with Gasteiger partial charge in [-0.05, 0) is 43.9 Å². The molecule has 1 unspecified atom stereocenters. The molecule has 2 fully saturated rings. The molecule has 0 bridgehead atoms. The number of hydrogen-bond acceptors (Lipinski definition) is 5. The number of hydrogen-bond donors (Lipinski definition) is 0. The van der Waals surface area contributed by atoms with Crippen molar-refractivity contribution in [3.63, 3.8) is 0 Å². The van der Waals surface area contributed by atoms with Crippen LogP contribution in [0.5, 0.6) is 0 Å². The third-order valence-corrected chi connectivity index (χ3v) is 7.28. The highest BCUT2D eigenvalue weighted by molar-refractivity contribution is 8.00. The Bertz CT molecular complexity index is 966. The van der Waals surface area contributed by atoms with E-state index in [0.29, 0.717) is 54.8 Å². The van der Waals surface area contributed by atoms with Crippen molar-refractivity contribution in [2.24, 2.45) is 4.40 Å². The van der Waals surface area contributed by atoms with Gasteiger partial charge >= 0.3 is 0 Å². The lowest BCUT2D eigenvalue weighted by molar-refractivity contribution is -0.140. The van der Waals surface area contributed by atoms with Gasteiger partial charge in [0.1, 0.15) is 16.8 Å². The summed E-state index contributed by atoms with van der Waals surface area (Å²) in [7, 11) is -3.77. The molecule has 1 amide bonds. The van der Waals surface area contributed by atoms with Gasteiger partial charge in [0.05, 0.1) is 0 Å². The summed E-state index contributed by atoms with van der Waals surface area (Å²) in [4.78, 5) is 16.7. The van der Waals surface area contributed by atoms with Crippen LogP contribution in [0.25, 0.3) is 4.91 Å². The highest BCUT2D eigenvalue weighted by atomic mass is 35.5. The normalized spacial score (nSPS) is 24.6. The summed E-state index contributed by atoms with van der Waals surface area (Å²) in [5, 5.41) is 0.548. The Balaban J connectivity index is 1.53. The molecule has 29 heavy (non-hydrogen) atoms. The Morgan fingerprint density at radius 3 is 2.59 bits per heavy atom. The second-order valence-electron chi connectivity index (χ2n) is 7.52. The number of amidine groups is 1. The first-order valence-corrected chi connectivity index (χ1v) is 11.7. The van der Waals surface area contributed by atoms with Gasteiger partial charge in [-0.15, -0.1) is 4.40 Å². The van der Waals surface area contributed by atoms with Crippen LogP contribution in [0.1, 0.15) is 31.7 Å². The van der Waals surface area contributed by atoms with Crippen molar-refractivity contribution in [1.82, 2.24) is 9.80 Å². The molecule has 7 nitrogen and oxygen atoms in total. The Kier molecular flexibility index (Phi) is 5.68. The molecular weight excluding hydrogens is 414 g/mol. The van der Waals surface area contributed by atoms with Crippen molar-refractivity contribution in [2.75, 3.05) is 32.8 Å². The van der Waals surface area contributed by atoms with Crippen LogP contribution in [0.15, 0.2) is 34.2 Å². The van der Waals surface area contributed by atoms with Crippen LogP contribution in [0.3, 0.4) is 0 Å². The number of ether oxygens (including phenoxy) is 1. The fourth-order valence-corrected chi connectivity index (χ4v) is 5.72. The SMILES string of the molecule is CC1=C(c2ccc(Cl)cc2)S(=O)(=O)N=C1N1CCCN(C(=O)C2CCCO2)CC1. The molecule has 0 spiro atoms. The minimum absolute atomic E-state index is 0.0412. The van der Waals surface area contributed by atoms with Crippen LogP contribution in [0.2, 0.25) is 5.02 Å². The first-order chi connectivity index (χ1) is 13.9. The van der Waals surface area contributed by atoms with Crippen LogP contribution in [0, 0.1) is 0 Å². The van der Waals surface area contributed by atoms with Crippen LogP contribution in [-0.2, 0) is 19.6 Å². The molecule has 4 rings (SSSR count). The number of carbonyl (C=O) groups excluding carboxylic acids is 1. The predicted octanol–water partition coefficient (Wildman–Crippen LogP) is 2.53. The minimum Gasteiger partial charge on any atom is -0.368 e. The molecular formula is C20H24ClN3O4S. The number of nitrogens with zero attached hydrogens (tertiary/aromatic N) is 3. The number of rotatable bonds is 2. The number of halogens is 1. The van der Waals surface area contributed by atoms with E-state index in [4.69, 9.17) is 16.3 Å². The van der Waals surface area contributed by atoms with Gasteiger partial charge in [-0.3, -0.25) is 4.79 Å². The van der Waals surface area contributed by atoms with Crippen LogP contribution in [0.4, 0.5) is 0 Å². The molecule has 9 heteroatoms. The number of sulfonamides is 1. The maximum Gasteiger partial charge on any atom is 0.285 e. The fraction of sp³-hybridized carbons (Fsp3) is 0.500. The molecule has 0 aromatic heterocycles. The summed E-state index contributed by atoms with van der Waals surface area (Å²) in [5.41, 5.74) is 1.21. The molecule has 3 heterocycles. The average Bonchev–Trinajstić information content (AvgIpc) is 3.21. The molecule has 0 aliphatic carbocycles. The summed E-state index contributed by atoms with van der Waals surface area (Å²) in [6.45, 7) is 4.78. The second kappa shape index (κ2) is 8.08. The summed E-state index contributed by atoms with van der Waals surface area (Å²) in [5.74, 6) is 0.515. The van der Waals surface area contributed by atoms with E-state index in [-0.39, 0.29) is 16.9 Å². The monoisotopic (exact) mass is 437 g/mol. The van der Waals surface area contributed by atoms with Crippen molar-refractivity contribution >= 4 is 38.3 Å². The van der Waals surface area contributed by atoms with Gasteiger partial charge in [0.15, 0.2) is 0 Å². The van der Waals surface area contributed by atoms with Gasteiger partial charge < -0.3 is 14.5 Å². The van der Waals surface area contributed by atoms with E-state index in [2.05, 4.69) is 4.40 Å². The molecule has 1 atom stereocenters. The number of carbonyl (C=O) groups is 1. The van der Waals surface area contributed by atoms with Gasteiger partial charge in [-0.25, -0.2) is 0 Å². The van der Waals surface area contributed by atoms with Crippen molar-refractivity contribution in [1.29, 1.82) is 0 Å². The first kappa shape index (κ1) is 20.4. The van der Waals surface area contributed by atoms with Crippen molar-refractivity contribution in [3.05, 3.63) is 40.4 Å². The molecule has 1 aromatic rings. The Hall–Kier alpha value is -1.90. The van der Waals surface area contributed by atoms with Crippen LogP contribution >= 0.6 is 11.6 Å². The highest BCUT2D eigenvalue weighted by Crippen LogP contribution is 2.34. The van der Waals surface area contributed by atoms with Crippen LogP contribution in [-0.4, -0.2) is 68.9 Å². The topological polar surface area (TPSA) is 79.3 Å². The zero-order valence-corrected chi connectivity index (χ0v) is 17.9. The van der Waals surface area contributed by atoms with E-state index in [0.717, 1.165) is 19.3 Å². The third kappa shape index (κ3) is 4.06. The van der Waals surface area contributed by atoms with E-state index in [1.807, 2.05) is 9.80 Å². The maximum absolute atomic E-state index is 12.8. The van der Waals surface area contributed by atoms with Crippen molar-refractivity contribution < 1.29 is 17.9 Å². The first-order valence-electron chi connectivity index (χ1n) is 9.84. The van der Waals surface area contributed by atoms with Crippen molar-refractivity contribution in [2.45, 2.75) is 32.3 Å². The molecule has 2 saturated heterocycles. The second-order valence-corrected chi connectivity index (χ2v) is 9.50. The molecule has 156 valence electrons. The minimum atomic E-state index is -3.77. The fourth-order valence-electron chi connectivity index (χ4n) is 4.11. The number of amides is 1. The van der Waals surface area contributed by atoms with Gasteiger partial charge in [0.2, 0.25) is 0 Å². The van der Waals surface area contributed by atoms with Gasteiger partial charge in [-0.2, -0.15) is 8.42 Å². The zero-order chi connectivity index (χ0) is 20.6. The summed E-state index contributed by atoms with van der Waals surface area (Å²) >= 11 is 5.94. The van der Waals surface area contributed by atoms with E-state index >= 15 is 0 Å². The summed E-state index contributed by atoms with van der Waals surface area (Å²) in [6, 6.07) is 6.74. The third-order valence-electron chi connectivity index (χ3n) is 5.56. The standard InChI is InChI=1S/C20H24ClN3O4S/c1-14-18(15-5-7-16(21)8-6-15)29(26,27)22-19(14)23-9-3-10-24(12-11-23)20(25)17-4-2-13-28-17/h5-8,17H,2-4,9-13H2,1H3. The quantitative estimate of drug-likeness (QED) is 0.710. The molecule has 1 aromatic carbocycles. The molecule has 3 aliphatic heterocycles. The lowest BCUT2D eigenvalue weighted by atomic mass is 10.1. The van der Waals surface area contributed by atoms with E-state index < -0.39 is 10.0 Å². The largest absolute Gasteiger partial charge is 0.368 e. The lowest BCUT2D eigenvalue weighted by Gasteiger charge is -2.25. The Labute approximate surface area is 176 Å². The van der Waals surface area contributed by atoms with Crippen molar-refractivity contribution in [3.8, 4) is 0 Å². The summed E-state index contributed by atoms with van der Waals surface area (Å²) < 4.78 is 35.1. The Morgan fingerprint density at radius 2 is 1.90 bits per heavy atom. The van der Waals surface area contributed by atoms with Crippen LogP contribution < -0.4 is 0 Å². The Morgan fingerprint density at radius 1 is 1.14 bits per heavy atom. The van der Waals surface area contributed by atoms with Gasteiger partial charge in [-0.1, -0.05) is 23.7 Å². The van der Waals surface area contributed by atoms with E-state index in [1.54, 1.807) is 31.2 Å². The molecule has 0 N–H and O–H groups in total. The molecule has 0 radical (unpaired) electrons. The lowest BCUT2D eigenvalue weighted by Crippen LogP contribution is -2.41.